The lowest BCUT2D eigenvalue weighted by Crippen LogP contribution is -2.31. The molecule has 0 bridgehead atoms. The minimum Gasteiger partial charge on any atom is -0.497 e. The van der Waals surface area contributed by atoms with Crippen LogP contribution in [0.25, 0.3) is 0 Å². The van der Waals surface area contributed by atoms with Crippen molar-refractivity contribution in [3.05, 3.63) is 29.8 Å². The minimum atomic E-state index is 0.149. The summed E-state index contributed by atoms with van der Waals surface area (Å²) in [5.74, 6) is 1.39. The second-order valence-electron chi connectivity index (χ2n) is 3.63. The van der Waals surface area contributed by atoms with Gasteiger partial charge in [0.15, 0.2) is 5.78 Å². The molecule has 0 N–H and O–H groups in total. The molecule has 0 amide bonds. The van der Waals surface area contributed by atoms with E-state index in [0.717, 1.165) is 19.0 Å². The van der Waals surface area contributed by atoms with Gasteiger partial charge in [0, 0.05) is 5.56 Å². The molecule has 16 heavy (non-hydrogen) atoms. The van der Waals surface area contributed by atoms with E-state index in [0.29, 0.717) is 16.6 Å². The van der Waals surface area contributed by atoms with Gasteiger partial charge < -0.3 is 9.47 Å². The highest BCUT2D eigenvalue weighted by Gasteiger charge is 2.20. The lowest BCUT2D eigenvalue weighted by Gasteiger charge is -2.24. The van der Waals surface area contributed by atoms with Gasteiger partial charge in [0.1, 0.15) is 5.75 Å². The fraction of sp³-hybridized carbons (Fsp3) is 0.417. The molecule has 2 rings (SSSR count). The molecule has 0 aliphatic carbocycles. The van der Waals surface area contributed by atoms with Gasteiger partial charge in [-0.25, -0.2) is 0 Å². The van der Waals surface area contributed by atoms with Crippen LogP contribution in [-0.2, 0) is 4.74 Å². The third-order valence-electron chi connectivity index (χ3n) is 2.45. The first kappa shape index (κ1) is 11.5. The number of ketones is 1. The van der Waals surface area contributed by atoms with Crippen molar-refractivity contribution in [1.29, 1.82) is 0 Å². The van der Waals surface area contributed by atoms with Crippen LogP contribution in [0.5, 0.6) is 5.75 Å². The molecular weight excluding hydrogens is 224 g/mol. The molecule has 1 aromatic carbocycles. The Hall–Kier alpha value is -1.00. The predicted molar refractivity (Wildman–Crippen MR) is 64.4 cm³/mol. The summed E-state index contributed by atoms with van der Waals surface area (Å²) in [6.07, 6.45) is 0. The first-order valence-electron chi connectivity index (χ1n) is 5.16. The Balaban J connectivity index is 1.91. The molecule has 0 saturated carbocycles. The number of Topliss-reactive ketones (excluding diaryl/α,β-unsaturated/α-hetero) is 1. The molecule has 0 spiro atoms. The average Bonchev–Trinajstić information content (AvgIpc) is 2.27. The Bertz CT molecular complexity index is 374. The summed E-state index contributed by atoms with van der Waals surface area (Å²) < 4.78 is 10.1. The zero-order valence-electron chi connectivity index (χ0n) is 9.14. The van der Waals surface area contributed by atoms with Crippen LogP contribution in [0, 0.1) is 0 Å². The van der Waals surface area contributed by atoms with Crippen molar-refractivity contribution in [3.63, 3.8) is 0 Å². The summed E-state index contributed by atoms with van der Waals surface area (Å²) in [5, 5.41) is 0.495. The van der Waals surface area contributed by atoms with Gasteiger partial charge in [-0.3, -0.25) is 4.79 Å². The van der Waals surface area contributed by atoms with Crippen LogP contribution in [0.1, 0.15) is 10.4 Å². The van der Waals surface area contributed by atoms with E-state index in [9.17, 15) is 4.79 Å². The molecule has 4 heteroatoms. The van der Waals surface area contributed by atoms with E-state index in [2.05, 4.69) is 0 Å². The summed E-state index contributed by atoms with van der Waals surface area (Å²) in [4.78, 5) is 11.8. The molecule has 0 atom stereocenters. The largest absolute Gasteiger partial charge is 0.497 e. The van der Waals surface area contributed by atoms with Crippen molar-refractivity contribution in [1.82, 2.24) is 0 Å². The Kier molecular flexibility index (Phi) is 3.85. The number of hydrogen-bond donors (Lipinski definition) is 0. The van der Waals surface area contributed by atoms with E-state index in [1.807, 2.05) is 18.2 Å². The van der Waals surface area contributed by atoms with Gasteiger partial charge in [0.2, 0.25) is 0 Å². The summed E-state index contributed by atoms with van der Waals surface area (Å²) in [7, 11) is 1.60. The summed E-state index contributed by atoms with van der Waals surface area (Å²) >= 11 is 1.66. The number of carbonyl (C=O) groups excluding carboxylic acids is 1. The van der Waals surface area contributed by atoms with Crippen molar-refractivity contribution in [2.45, 2.75) is 5.25 Å². The van der Waals surface area contributed by atoms with Gasteiger partial charge in [0.25, 0.3) is 0 Å². The van der Waals surface area contributed by atoms with Gasteiger partial charge in [-0.15, -0.1) is 11.8 Å². The molecule has 1 heterocycles. The third-order valence-corrected chi connectivity index (χ3v) is 3.62. The number of thioether (sulfide) groups is 1. The maximum atomic E-state index is 11.8. The Labute approximate surface area is 99.1 Å². The molecule has 0 aromatic heterocycles. The fourth-order valence-electron chi connectivity index (χ4n) is 1.38. The number of methoxy groups -OCH3 is 1. The zero-order valence-corrected chi connectivity index (χ0v) is 9.96. The van der Waals surface area contributed by atoms with Crippen LogP contribution >= 0.6 is 11.8 Å². The van der Waals surface area contributed by atoms with Crippen LogP contribution in [0.2, 0.25) is 0 Å². The van der Waals surface area contributed by atoms with E-state index in [1.54, 1.807) is 24.9 Å². The quantitative estimate of drug-likeness (QED) is 0.735. The molecule has 0 unspecified atom stereocenters. The molecule has 1 aromatic rings. The smallest absolute Gasteiger partial charge is 0.172 e. The van der Waals surface area contributed by atoms with Gasteiger partial charge in [0.05, 0.1) is 31.3 Å². The summed E-state index contributed by atoms with van der Waals surface area (Å²) in [6.45, 7) is 1.55. The molecule has 0 radical (unpaired) electrons. The van der Waals surface area contributed by atoms with Gasteiger partial charge >= 0.3 is 0 Å². The van der Waals surface area contributed by atoms with E-state index in [-0.39, 0.29) is 5.78 Å². The number of benzene rings is 1. The van der Waals surface area contributed by atoms with E-state index in [4.69, 9.17) is 9.47 Å². The second kappa shape index (κ2) is 5.37. The van der Waals surface area contributed by atoms with Crippen LogP contribution in [0.4, 0.5) is 0 Å². The molecule has 1 aliphatic rings. The fourth-order valence-corrected chi connectivity index (χ4v) is 2.32. The van der Waals surface area contributed by atoms with Crippen molar-refractivity contribution in [3.8, 4) is 5.75 Å². The van der Waals surface area contributed by atoms with Gasteiger partial charge in [-0.1, -0.05) is 12.1 Å². The lowest BCUT2D eigenvalue weighted by atomic mass is 10.1. The maximum Gasteiger partial charge on any atom is 0.172 e. The lowest BCUT2D eigenvalue weighted by molar-refractivity contribution is 0.0455. The van der Waals surface area contributed by atoms with Crippen LogP contribution < -0.4 is 4.74 Å². The number of hydrogen-bond acceptors (Lipinski definition) is 4. The molecular formula is C12H14O3S. The number of carbonyl (C=O) groups is 1. The molecule has 3 nitrogen and oxygen atoms in total. The predicted octanol–water partition coefficient (Wildman–Crippen LogP) is 2.01. The van der Waals surface area contributed by atoms with E-state index in [1.165, 1.54) is 0 Å². The topological polar surface area (TPSA) is 35.5 Å². The van der Waals surface area contributed by atoms with E-state index < -0.39 is 0 Å². The normalized spacial score (nSPS) is 15.6. The molecule has 1 saturated heterocycles. The monoisotopic (exact) mass is 238 g/mol. The summed E-state index contributed by atoms with van der Waals surface area (Å²) in [5.41, 5.74) is 0.715. The third kappa shape index (κ3) is 2.77. The van der Waals surface area contributed by atoms with Crippen LogP contribution in [-0.4, -0.2) is 37.1 Å². The first-order valence-corrected chi connectivity index (χ1v) is 6.21. The zero-order chi connectivity index (χ0) is 11.4. The number of ether oxygens (including phenoxy) is 2. The van der Waals surface area contributed by atoms with E-state index >= 15 is 0 Å². The average molecular weight is 238 g/mol. The van der Waals surface area contributed by atoms with Crippen molar-refractivity contribution < 1.29 is 14.3 Å². The molecule has 1 aliphatic heterocycles. The Morgan fingerprint density at radius 2 is 2.38 bits per heavy atom. The first-order chi connectivity index (χ1) is 7.79. The van der Waals surface area contributed by atoms with Crippen LogP contribution in [0.3, 0.4) is 0 Å². The highest BCUT2D eigenvalue weighted by Crippen LogP contribution is 2.21. The summed E-state index contributed by atoms with van der Waals surface area (Å²) in [6, 6.07) is 7.27. The Morgan fingerprint density at radius 3 is 3.00 bits per heavy atom. The highest BCUT2D eigenvalue weighted by atomic mass is 32.2. The second-order valence-corrected chi connectivity index (χ2v) is 4.91. The standard InChI is InChI=1S/C12H14O3S/c1-14-10-4-2-3-9(5-10)12(13)8-16-11-6-15-7-11/h2-5,11H,6-8H2,1H3. The SMILES string of the molecule is COc1cccc(C(=O)CSC2COC2)c1. The van der Waals surface area contributed by atoms with Crippen molar-refractivity contribution in [2.75, 3.05) is 26.1 Å². The molecule has 86 valence electrons. The highest BCUT2D eigenvalue weighted by molar-refractivity contribution is 8.00. The van der Waals surface area contributed by atoms with Gasteiger partial charge in [-0.2, -0.15) is 0 Å². The number of rotatable bonds is 5. The maximum absolute atomic E-state index is 11.8. The van der Waals surface area contributed by atoms with Crippen LogP contribution in [0.15, 0.2) is 24.3 Å². The Morgan fingerprint density at radius 1 is 1.56 bits per heavy atom. The van der Waals surface area contributed by atoms with Gasteiger partial charge in [-0.05, 0) is 12.1 Å². The minimum absolute atomic E-state index is 0.149. The van der Waals surface area contributed by atoms with Crippen molar-refractivity contribution >= 4 is 17.5 Å². The molecule has 1 fully saturated rings. The van der Waals surface area contributed by atoms with Crippen molar-refractivity contribution in [2.24, 2.45) is 0 Å².